The monoisotopic (exact) mass is 634 g/mol. The first-order valence-electron chi connectivity index (χ1n) is 15.2. The van der Waals surface area contributed by atoms with Crippen LogP contribution in [0.1, 0.15) is 46.8 Å². The maximum atomic E-state index is 14.4. The van der Waals surface area contributed by atoms with Crippen molar-refractivity contribution in [2.45, 2.75) is 37.6 Å². The predicted octanol–water partition coefficient (Wildman–Crippen LogP) is 6.58. The van der Waals surface area contributed by atoms with Crippen LogP contribution >= 0.6 is 0 Å². The van der Waals surface area contributed by atoms with Crippen molar-refractivity contribution in [3.05, 3.63) is 153 Å². The molecule has 1 heterocycles. The van der Waals surface area contributed by atoms with Crippen molar-refractivity contribution < 1.29 is 23.8 Å². The molecule has 11 heteroatoms. The van der Waals surface area contributed by atoms with E-state index in [1.807, 2.05) is 66.7 Å². The number of amides is 1. The van der Waals surface area contributed by atoms with E-state index in [2.05, 4.69) is 20.9 Å². The zero-order chi connectivity index (χ0) is 32.9. The highest BCUT2D eigenvalue weighted by Gasteiger charge is 2.53. The van der Waals surface area contributed by atoms with E-state index < -0.39 is 17.6 Å². The Balaban J connectivity index is 1.53. The van der Waals surface area contributed by atoms with Crippen LogP contribution < -0.4 is 15.6 Å². The average molecular weight is 635 g/mol. The molecule has 0 spiro atoms. The molecule has 5 rings (SSSR count). The summed E-state index contributed by atoms with van der Waals surface area (Å²) in [4.78, 5) is 22.3. The number of hydrogen-bond acceptors (Lipinski definition) is 7. The number of nitrogens with zero attached hydrogens (tertiary/aromatic N) is 4. The standard InChI is InChI=1S/C36H35FN6O4/c37-30-17-13-27(14-18-30)24-39-42-35(45)36(21-6-10-26-8-2-1-3-9-26)33(32-12-5-4-11-29(32)25-40-43-38)47-34(41-36)28-15-19-31(20-16-28)46-23-7-22-44/h1-6,8-20,33,39,44H,7,21-25H2,(H,42,45)/b10-6+/t33-,36-/m0/s1. The molecule has 0 aliphatic carbocycles. The van der Waals surface area contributed by atoms with Gasteiger partial charge in [0.2, 0.25) is 5.90 Å². The lowest BCUT2D eigenvalue weighted by Gasteiger charge is -2.31. The summed E-state index contributed by atoms with van der Waals surface area (Å²) in [5, 5.41) is 12.8. The number of hydrazine groups is 1. The van der Waals surface area contributed by atoms with Crippen LogP contribution in [0.5, 0.6) is 5.75 Å². The van der Waals surface area contributed by atoms with Gasteiger partial charge in [0.1, 0.15) is 11.6 Å². The number of hydrogen-bond donors (Lipinski definition) is 3. The van der Waals surface area contributed by atoms with E-state index in [1.54, 1.807) is 36.4 Å². The molecule has 0 fully saturated rings. The van der Waals surface area contributed by atoms with Crippen molar-refractivity contribution in [3.63, 3.8) is 0 Å². The molecule has 10 nitrogen and oxygen atoms in total. The van der Waals surface area contributed by atoms with Crippen LogP contribution in [-0.4, -0.2) is 35.7 Å². The van der Waals surface area contributed by atoms with Crippen molar-refractivity contribution in [2.75, 3.05) is 13.2 Å². The topological polar surface area (TPSA) is 141 Å². The van der Waals surface area contributed by atoms with Crippen LogP contribution in [0.15, 0.2) is 119 Å². The van der Waals surface area contributed by atoms with Gasteiger partial charge in [-0.2, -0.15) is 0 Å². The van der Waals surface area contributed by atoms with E-state index in [4.69, 9.17) is 25.1 Å². The molecule has 47 heavy (non-hydrogen) atoms. The number of azide groups is 1. The van der Waals surface area contributed by atoms with Gasteiger partial charge < -0.3 is 14.6 Å². The van der Waals surface area contributed by atoms with Gasteiger partial charge in [-0.15, -0.1) is 0 Å². The molecule has 1 amide bonds. The normalized spacial score (nSPS) is 17.1. The van der Waals surface area contributed by atoms with Crippen molar-refractivity contribution in [3.8, 4) is 5.75 Å². The van der Waals surface area contributed by atoms with Gasteiger partial charge in [0.15, 0.2) is 11.6 Å². The van der Waals surface area contributed by atoms with E-state index in [1.165, 1.54) is 12.1 Å². The van der Waals surface area contributed by atoms with E-state index in [9.17, 15) is 9.18 Å². The maximum absolute atomic E-state index is 14.4. The van der Waals surface area contributed by atoms with E-state index >= 15 is 0 Å². The van der Waals surface area contributed by atoms with Crippen LogP contribution in [0.2, 0.25) is 0 Å². The minimum Gasteiger partial charge on any atom is -0.494 e. The summed E-state index contributed by atoms with van der Waals surface area (Å²) in [5.41, 5.74) is 17.1. The summed E-state index contributed by atoms with van der Waals surface area (Å²) < 4.78 is 25.7. The zero-order valence-corrected chi connectivity index (χ0v) is 25.6. The molecule has 0 unspecified atom stereocenters. The molecule has 0 aromatic heterocycles. The van der Waals surface area contributed by atoms with Crippen LogP contribution in [0.25, 0.3) is 16.5 Å². The van der Waals surface area contributed by atoms with Crippen LogP contribution in [-0.2, 0) is 22.6 Å². The number of aliphatic hydroxyl groups is 1. The number of halogens is 1. The molecule has 240 valence electrons. The summed E-state index contributed by atoms with van der Waals surface area (Å²) in [6.45, 7) is 0.712. The SMILES string of the molecule is [N-]=[N+]=NCc1ccccc1[C@@H]1OC(c2ccc(OCCCO)cc2)=N[C@]1(C/C=C/c1ccccc1)C(=O)NNCc1ccc(F)cc1. The molecule has 0 radical (unpaired) electrons. The molecular formula is C36H35FN6O4. The molecule has 4 aromatic carbocycles. The number of nitrogens with one attached hydrogen (secondary N) is 2. The van der Waals surface area contributed by atoms with Gasteiger partial charge in [0.05, 0.1) is 13.2 Å². The Morgan fingerprint density at radius 1 is 1.04 bits per heavy atom. The Labute approximate surface area is 272 Å². The molecule has 0 bridgehead atoms. The van der Waals surface area contributed by atoms with Crippen LogP contribution in [0.3, 0.4) is 0 Å². The van der Waals surface area contributed by atoms with Crippen LogP contribution in [0.4, 0.5) is 4.39 Å². The first-order chi connectivity index (χ1) is 23.0. The number of benzene rings is 4. The Morgan fingerprint density at radius 3 is 2.53 bits per heavy atom. The third-order valence-electron chi connectivity index (χ3n) is 7.62. The highest BCUT2D eigenvalue weighted by atomic mass is 19.1. The largest absolute Gasteiger partial charge is 0.494 e. The maximum Gasteiger partial charge on any atom is 0.266 e. The first kappa shape index (κ1) is 32.9. The molecule has 4 aromatic rings. The second-order valence-electron chi connectivity index (χ2n) is 10.8. The van der Waals surface area contributed by atoms with Crippen molar-refractivity contribution in [1.82, 2.24) is 10.9 Å². The molecule has 1 aliphatic heterocycles. The minimum absolute atomic E-state index is 0.0346. The second-order valence-corrected chi connectivity index (χ2v) is 10.8. The Hall–Kier alpha value is -5.48. The summed E-state index contributed by atoms with van der Waals surface area (Å²) in [7, 11) is 0. The number of ether oxygens (including phenoxy) is 2. The van der Waals surface area contributed by atoms with Gasteiger partial charge in [0, 0.05) is 36.5 Å². The second kappa shape index (κ2) is 16.2. The third kappa shape index (κ3) is 8.42. The number of carbonyl (C=O) groups is 1. The van der Waals surface area contributed by atoms with E-state index in [0.29, 0.717) is 35.5 Å². The molecular weight excluding hydrogens is 599 g/mol. The molecule has 1 aliphatic rings. The van der Waals surface area contributed by atoms with Gasteiger partial charge in [-0.1, -0.05) is 84.0 Å². The van der Waals surface area contributed by atoms with Gasteiger partial charge in [-0.05, 0) is 64.2 Å². The lowest BCUT2D eigenvalue weighted by Crippen LogP contribution is -2.52. The number of aliphatic hydroxyl groups excluding tert-OH is 1. The smallest absolute Gasteiger partial charge is 0.266 e. The van der Waals surface area contributed by atoms with Crippen molar-refractivity contribution >= 4 is 17.9 Å². The Bertz CT molecular complexity index is 1740. The molecule has 0 saturated carbocycles. The molecule has 0 saturated heterocycles. The van der Waals surface area contributed by atoms with Crippen LogP contribution in [0, 0.1) is 5.82 Å². The number of aliphatic imine (C=N–C) groups is 1. The summed E-state index contributed by atoms with van der Waals surface area (Å²) in [6.07, 6.45) is 3.61. The van der Waals surface area contributed by atoms with Gasteiger partial charge in [-0.25, -0.2) is 14.8 Å². The summed E-state index contributed by atoms with van der Waals surface area (Å²) in [6, 6.07) is 30.2. The first-order valence-corrected chi connectivity index (χ1v) is 15.2. The predicted molar refractivity (Wildman–Crippen MR) is 178 cm³/mol. The fourth-order valence-electron chi connectivity index (χ4n) is 5.21. The lowest BCUT2D eigenvalue weighted by molar-refractivity contribution is -0.129. The Kier molecular flexibility index (Phi) is 11.3. The Morgan fingerprint density at radius 2 is 1.79 bits per heavy atom. The van der Waals surface area contributed by atoms with Gasteiger partial charge in [0.25, 0.3) is 5.91 Å². The third-order valence-corrected chi connectivity index (χ3v) is 7.62. The van der Waals surface area contributed by atoms with Crippen molar-refractivity contribution in [2.24, 2.45) is 10.1 Å². The van der Waals surface area contributed by atoms with Crippen molar-refractivity contribution in [1.29, 1.82) is 0 Å². The number of carbonyl (C=O) groups excluding carboxylic acids is 1. The summed E-state index contributed by atoms with van der Waals surface area (Å²) >= 11 is 0. The highest BCUT2D eigenvalue weighted by molar-refractivity contribution is 6.01. The quantitative estimate of drug-likeness (QED) is 0.0446. The molecule has 3 N–H and O–H groups in total. The average Bonchev–Trinajstić information content (AvgIpc) is 3.49. The number of rotatable bonds is 15. The highest BCUT2D eigenvalue weighted by Crippen LogP contribution is 2.44. The summed E-state index contributed by atoms with van der Waals surface area (Å²) in [5.74, 6) is 0.0907. The van der Waals surface area contributed by atoms with Gasteiger partial charge in [-0.3, -0.25) is 10.2 Å². The minimum atomic E-state index is -1.49. The fraction of sp³-hybridized carbons (Fsp3) is 0.222. The zero-order valence-electron chi connectivity index (χ0n) is 25.6. The fourth-order valence-corrected chi connectivity index (χ4v) is 5.21. The van der Waals surface area contributed by atoms with Gasteiger partial charge >= 0.3 is 0 Å². The lowest BCUT2D eigenvalue weighted by atomic mass is 9.82. The molecule has 2 atom stereocenters. The van der Waals surface area contributed by atoms with E-state index in [0.717, 1.165) is 11.1 Å². The van der Waals surface area contributed by atoms with E-state index in [-0.39, 0.29) is 37.8 Å².